The highest BCUT2D eigenvalue weighted by Crippen LogP contribution is 2.34. The Hall–Kier alpha value is -1.92. The van der Waals surface area contributed by atoms with Crippen molar-refractivity contribution in [3.8, 4) is 0 Å². The van der Waals surface area contributed by atoms with E-state index in [-0.39, 0.29) is 23.9 Å². The van der Waals surface area contributed by atoms with Crippen LogP contribution in [0, 0.1) is 5.92 Å². The molecule has 1 saturated heterocycles. The van der Waals surface area contributed by atoms with Gasteiger partial charge in [-0.3, -0.25) is 19.4 Å². The molecule has 2 unspecified atom stereocenters. The highest BCUT2D eigenvalue weighted by molar-refractivity contribution is 5.79. The number of hydrogen-bond acceptors (Lipinski definition) is 4. The third-order valence-electron chi connectivity index (χ3n) is 6.82. The molecule has 2 atom stereocenters. The van der Waals surface area contributed by atoms with Gasteiger partial charge in [0.1, 0.15) is 0 Å². The number of carbonyl (C=O) groups excluding carboxylic acids is 2. The minimum atomic E-state index is 0.0960. The largest absolute Gasteiger partial charge is 0.353 e. The lowest BCUT2D eigenvalue weighted by atomic mass is 9.81. The first-order chi connectivity index (χ1) is 15.0. The molecule has 1 aliphatic heterocycles. The normalized spacial score (nSPS) is 20.7. The predicted octanol–water partition coefficient (Wildman–Crippen LogP) is 2.96. The van der Waals surface area contributed by atoms with Gasteiger partial charge in [0.2, 0.25) is 11.8 Å². The number of amides is 2. The van der Waals surface area contributed by atoms with Crippen LogP contribution in [0.25, 0.3) is 0 Å². The predicted molar refractivity (Wildman–Crippen MR) is 125 cm³/mol. The maximum atomic E-state index is 12.9. The Labute approximate surface area is 187 Å². The van der Waals surface area contributed by atoms with Crippen LogP contribution in [0.15, 0.2) is 30.3 Å². The van der Waals surface area contributed by atoms with E-state index in [1.54, 1.807) is 0 Å². The Bertz CT molecular complexity index is 682. The molecular weight excluding hydrogens is 388 g/mol. The lowest BCUT2D eigenvalue weighted by Crippen LogP contribution is -2.52. The Balaban J connectivity index is 1.46. The molecule has 1 aromatic carbocycles. The van der Waals surface area contributed by atoms with Gasteiger partial charge in [-0.2, -0.15) is 0 Å². The standard InChI is InChI=1S/C25H40N4O2/c1-3-20(2)26-23(30)18-28-14-16-29(17-15-28)19-24(31)27-25(21-10-6-4-7-11-21)22-12-8-5-9-13-22/h4,6-7,10-11,20,22,25H,3,5,8-9,12-19H2,1-2H3,(H,26,30)(H,27,31). The van der Waals surface area contributed by atoms with E-state index in [9.17, 15) is 9.59 Å². The molecule has 2 N–H and O–H groups in total. The van der Waals surface area contributed by atoms with Crippen LogP contribution in [0.2, 0.25) is 0 Å². The number of piperazine rings is 1. The average molecular weight is 429 g/mol. The van der Waals surface area contributed by atoms with Gasteiger partial charge in [-0.25, -0.2) is 0 Å². The van der Waals surface area contributed by atoms with Crippen LogP contribution < -0.4 is 10.6 Å². The molecule has 2 amide bonds. The summed E-state index contributed by atoms with van der Waals surface area (Å²) < 4.78 is 0. The van der Waals surface area contributed by atoms with E-state index < -0.39 is 0 Å². The Morgan fingerprint density at radius 3 is 2.00 bits per heavy atom. The second kappa shape index (κ2) is 12.2. The van der Waals surface area contributed by atoms with Gasteiger partial charge in [-0.1, -0.05) is 56.5 Å². The third kappa shape index (κ3) is 7.62. The number of carbonyl (C=O) groups is 2. The summed E-state index contributed by atoms with van der Waals surface area (Å²) in [6.45, 7) is 8.28. The summed E-state index contributed by atoms with van der Waals surface area (Å²) >= 11 is 0. The van der Waals surface area contributed by atoms with Gasteiger partial charge in [-0.15, -0.1) is 0 Å². The number of benzene rings is 1. The summed E-state index contributed by atoms with van der Waals surface area (Å²) in [5.41, 5.74) is 1.22. The molecule has 6 nitrogen and oxygen atoms in total. The summed E-state index contributed by atoms with van der Waals surface area (Å²) in [5, 5.41) is 6.39. The summed E-state index contributed by atoms with van der Waals surface area (Å²) in [6, 6.07) is 10.8. The Morgan fingerprint density at radius 2 is 1.45 bits per heavy atom. The second-order valence-corrected chi connectivity index (χ2v) is 9.28. The van der Waals surface area contributed by atoms with E-state index in [1.807, 2.05) is 13.0 Å². The molecular formula is C25H40N4O2. The Morgan fingerprint density at radius 1 is 0.903 bits per heavy atom. The minimum Gasteiger partial charge on any atom is -0.353 e. The van der Waals surface area contributed by atoms with Crippen LogP contribution >= 0.6 is 0 Å². The molecule has 1 aromatic rings. The molecule has 172 valence electrons. The van der Waals surface area contributed by atoms with Crippen molar-refractivity contribution in [3.05, 3.63) is 35.9 Å². The van der Waals surface area contributed by atoms with Gasteiger partial charge in [0.15, 0.2) is 0 Å². The zero-order valence-corrected chi connectivity index (χ0v) is 19.3. The van der Waals surface area contributed by atoms with Crippen molar-refractivity contribution in [1.82, 2.24) is 20.4 Å². The molecule has 0 aromatic heterocycles. The quantitative estimate of drug-likeness (QED) is 0.635. The second-order valence-electron chi connectivity index (χ2n) is 9.28. The van der Waals surface area contributed by atoms with E-state index in [0.29, 0.717) is 19.0 Å². The average Bonchev–Trinajstić information content (AvgIpc) is 2.80. The zero-order valence-electron chi connectivity index (χ0n) is 19.3. The molecule has 31 heavy (non-hydrogen) atoms. The first kappa shape index (κ1) is 23.7. The van der Waals surface area contributed by atoms with Gasteiger partial charge >= 0.3 is 0 Å². The van der Waals surface area contributed by atoms with Crippen molar-refractivity contribution in [2.24, 2.45) is 5.92 Å². The number of nitrogens with one attached hydrogen (secondary N) is 2. The van der Waals surface area contributed by atoms with Crippen LogP contribution in [0.1, 0.15) is 64.0 Å². The van der Waals surface area contributed by atoms with Crippen molar-refractivity contribution >= 4 is 11.8 Å². The summed E-state index contributed by atoms with van der Waals surface area (Å²) in [7, 11) is 0. The summed E-state index contributed by atoms with van der Waals surface area (Å²) in [5.74, 6) is 0.738. The molecule has 2 fully saturated rings. The third-order valence-corrected chi connectivity index (χ3v) is 6.82. The van der Waals surface area contributed by atoms with Crippen LogP contribution in [-0.2, 0) is 9.59 Å². The van der Waals surface area contributed by atoms with Crippen molar-refractivity contribution in [2.75, 3.05) is 39.3 Å². The molecule has 0 spiro atoms. The van der Waals surface area contributed by atoms with Crippen molar-refractivity contribution < 1.29 is 9.59 Å². The van der Waals surface area contributed by atoms with Crippen LogP contribution in [0.4, 0.5) is 0 Å². The first-order valence-corrected chi connectivity index (χ1v) is 12.1. The van der Waals surface area contributed by atoms with E-state index in [2.05, 4.69) is 51.6 Å². The molecule has 1 aliphatic carbocycles. The lowest BCUT2D eigenvalue weighted by Gasteiger charge is -2.35. The molecule has 2 aliphatic rings. The van der Waals surface area contributed by atoms with Gasteiger partial charge in [-0.05, 0) is 37.7 Å². The fourth-order valence-corrected chi connectivity index (χ4v) is 4.75. The molecule has 1 saturated carbocycles. The fraction of sp³-hybridized carbons (Fsp3) is 0.680. The molecule has 1 heterocycles. The molecule has 3 rings (SSSR count). The van der Waals surface area contributed by atoms with Crippen molar-refractivity contribution in [1.29, 1.82) is 0 Å². The SMILES string of the molecule is CCC(C)NC(=O)CN1CCN(CC(=O)NC(c2ccccc2)C2CCCCC2)CC1. The van der Waals surface area contributed by atoms with E-state index >= 15 is 0 Å². The van der Waals surface area contributed by atoms with Gasteiger partial charge in [0.25, 0.3) is 0 Å². The highest BCUT2D eigenvalue weighted by Gasteiger charge is 2.27. The molecule has 6 heteroatoms. The lowest BCUT2D eigenvalue weighted by molar-refractivity contribution is -0.126. The zero-order chi connectivity index (χ0) is 22.1. The molecule has 0 radical (unpaired) electrons. The monoisotopic (exact) mass is 428 g/mol. The van der Waals surface area contributed by atoms with Crippen molar-refractivity contribution in [3.63, 3.8) is 0 Å². The fourth-order valence-electron chi connectivity index (χ4n) is 4.75. The van der Waals surface area contributed by atoms with Crippen molar-refractivity contribution in [2.45, 2.75) is 64.5 Å². The number of hydrogen-bond donors (Lipinski definition) is 2. The van der Waals surface area contributed by atoms with E-state index in [4.69, 9.17) is 0 Å². The van der Waals surface area contributed by atoms with Gasteiger partial charge in [0, 0.05) is 32.2 Å². The topological polar surface area (TPSA) is 64.7 Å². The van der Waals surface area contributed by atoms with E-state index in [1.165, 1.54) is 37.7 Å². The maximum Gasteiger partial charge on any atom is 0.234 e. The van der Waals surface area contributed by atoms with Gasteiger partial charge < -0.3 is 10.6 Å². The van der Waals surface area contributed by atoms with Crippen LogP contribution in [-0.4, -0.2) is 66.9 Å². The van der Waals surface area contributed by atoms with E-state index in [0.717, 1.165) is 32.6 Å². The number of nitrogens with zero attached hydrogens (tertiary/aromatic N) is 2. The Kier molecular flexibility index (Phi) is 9.34. The first-order valence-electron chi connectivity index (χ1n) is 12.1. The highest BCUT2D eigenvalue weighted by atomic mass is 16.2. The number of rotatable bonds is 9. The van der Waals surface area contributed by atoms with Gasteiger partial charge in [0.05, 0.1) is 19.1 Å². The summed E-state index contributed by atoms with van der Waals surface area (Å²) in [4.78, 5) is 29.4. The minimum absolute atomic E-state index is 0.0960. The molecule has 0 bridgehead atoms. The summed E-state index contributed by atoms with van der Waals surface area (Å²) in [6.07, 6.45) is 7.16. The van der Waals surface area contributed by atoms with Crippen LogP contribution in [0.3, 0.4) is 0 Å². The smallest absolute Gasteiger partial charge is 0.234 e. The maximum absolute atomic E-state index is 12.9. The van der Waals surface area contributed by atoms with Crippen LogP contribution in [0.5, 0.6) is 0 Å².